The molecule has 0 N–H and O–H groups in total. The number of nitrogens with zero attached hydrogens (tertiary/aromatic N) is 1. The van der Waals surface area contributed by atoms with Crippen LogP contribution in [0.3, 0.4) is 0 Å². The molecule has 0 saturated carbocycles. The number of benzene rings is 1. The first-order valence-corrected chi connectivity index (χ1v) is 6.67. The van der Waals surface area contributed by atoms with E-state index in [1.807, 2.05) is 25.1 Å². The fourth-order valence-corrected chi connectivity index (χ4v) is 2.18. The van der Waals surface area contributed by atoms with Gasteiger partial charge in [0, 0.05) is 6.04 Å². The first-order valence-electron chi connectivity index (χ1n) is 6.67. The van der Waals surface area contributed by atoms with Gasteiger partial charge in [0.1, 0.15) is 0 Å². The topological polar surface area (TPSA) is 29.5 Å². The quantitative estimate of drug-likeness (QED) is 0.696. The minimum Gasteiger partial charge on any atom is -0.466 e. The molecule has 0 spiro atoms. The molecule has 0 aliphatic heterocycles. The van der Waals surface area contributed by atoms with E-state index in [1.54, 1.807) is 0 Å². The van der Waals surface area contributed by atoms with Gasteiger partial charge < -0.3 is 4.74 Å². The molecule has 3 heteroatoms. The smallest absolute Gasteiger partial charge is 0.307 e. The van der Waals surface area contributed by atoms with Crippen LogP contribution in [0.5, 0.6) is 0 Å². The monoisotopic (exact) mass is 249 g/mol. The highest BCUT2D eigenvalue weighted by Crippen LogP contribution is 2.24. The molecular formula is C15H23NO2. The van der Waals surface area contributed by atoms with Gasteiger partial charge in [-0.1, -0.05) is 44.2 Å². The lowest BCUT2D eigenvalue weighted by atomic mass is 10.0. The van der Waals surface area contributed by atoms with Gasteiger partial charge in [-0.3, -0.25) is 9.69 Å². The Hall–Kier alpha value is -1.35. The Morgan fingerprint density at radius 2 is 1.78 bits per heavy atom. The zero-order chi connectivity index (χ0) is 13.4. The third kappa shape index (κ3) is 4.15. The Labute approximate surface area is 110 Å². The van der Waals surface area contributed by atoms with Crippen molar-refractivity contribution in [2.24, 2.45) is 0 Å². The van der Waals surface area contributed by atoms with Gasteiger partial charge in [0.2, 0.25) is 0 Å². The van der Waals surface area contributed by atoms with Crippen molar-refractivity contribution in [2.75, 3.05) is 19.7 Å². The SMILES string of the molecule is CCOC(=O)C[C@@H](c1ccccc1)N(CC)CC. The maximum Gasteiger partial charge on any atom is 0.307 e. The van der Waals surface area contributed by atoms with E-state index in [0.29, 0.717) is 13.0 Å². The maximum absolute atomic E-state index is 11.7. The number of hydrogen-bond acceptors (Lipinski definition) is 3. The van der Waals surface area contributed by atoms with Crippen molar-refractivity contribution in [2.45, 2.75) is 33.2 Å². The van der Waals surface area contributed by atoms with E-state index in [4.69, 9.17) is 4.74 Å². The molecule has 0 radical (unpaired) electrons. The van der Waals surface area contributed by atoms with Gasteiger partial charge in [-0.2, -0.15) is 0 Å². The van der Waals surface area contributed by atoms with Crippen molar-refractivity contribution in [1.29, 1.82) is 0 Å². The molecule has 0 unspecified atom stereocenters. The Morgan fingerprint density at radius 3 is 2.28 bits per heavy atom. The van der Waals surface area contributed by atoms with E-state index in [-0.39, 0.29) is 12.0 Å². The standard InChI is InChI=1S/C15H23NO2/c1-4-16(5-2)14(12-15(17)18-6-3)13-10-8-7-9-11-13/h7-11,14H,4-6,12H2,1-3H3/t14-/m0/s1. The van der Waals surface area contributed by atoms with Crippen molar-refractivity contribution in [3.05, 3.63) is 35.9 Å². The van der Waals surface area contributed by atoms with Gasteiger partial charge in [0.25, 0.3) is 0 Å². The molecule has 1 atom stereocenters. The van der Waals surface area contributed by atoms with Crippen LogP contribution in [-0.4, -0.2) is 30.6 Å². The molecule has 1 aromatic carbocycles. The summed E-state index contributed by atoms with van der Waals surface area (Å²) >= 11 is 0. The molecule has 100 valence electrons. The fourth-order valence-electron chi connectivity index (χ4n) is 2.18. The van der Waals surface area contributed by atoms with E-state index in [9.17, 15) is 4.79 Å². The molecule has 0 fully saturated rings. The minimum absolute atomic E-state index is 0.111. The Balaban J connectivity index is 2.85. The first kappa shape index (κ1) is 14.7. The molecule has 0 aromatic heterocycles. The molecule has 0 amide bonds. The van der Waals surface area contributed by atoms with Crippen LogP contribution in [0.1, 0.15) is 38.8 Å². The van der Waals surface area contributed by atoms with Crippen LogP contribution >= 0.6 is 0 Å². The third-order valence-corrected chi connectivity index (χ3v) is 3.10. The average molecular weight is 249 g/mol. The lowest BCUT2D eigenvalue weighted by Gasteiger charge is -2.29. The normalized spacial score (nSPS) is 12.4. The van der Waals surface area contributed by atoms with Gasteiger partial charge in [-0.25, -0.2) is 0 Å². The number of carbonyl (C=O) groups excluding carboxylic acids is 1. The van der Waals surface area contributed by atoms with Crippen LogP contribution in [0.2, 0.25) is 0 Å². The van der Waals surface area contributed by atoms with Gasteiger partial charge in [0.05, 0.1) is 13.0 Å². The van der Waals surface area contributed by atoms with Gasteiger partial charge in [-0.15, -0.1) is 0 Å². The molecule has 1 rings (SSSR count). The van der Waals surface area contributed by atoms with Crippen molar-refractivity contribution in [3.8, 4) is 0 Å². The molecular weight excluding hydrogens is 226 g/mol. The summed E-state index contributed by atoms with van der Waals surface area (Å²) in [7, 11) is 0. The summed E-state index contributed by atoms with van der Waals surface area (Å²) < 4.78 is 5.07. The number of rotatable bonds is 7. The summed E-state index contributed by atoms with van der Waals surface area (Å²) in [4.78, 5) is 14.0. The number of hydrogen-bond donors (Lipinski definition) is 0. The zero-order valence-corrected chi connectivity index (χ0v) is 11.6. The highest BCUT2D eigenvalue weighted by Gasteiger charge is 2.21. The van der Waals surface area contributed by atoms with Crippen LogP contribution in [0, 0.1) is 0 Å². The summed E-state index contributed by atoms with van der Waals surface area (Å²) in [6, 6.07) is 10.3. The molecule has 0 saturated heterocycles. The van der Waals surface area contributed by atoms with E-state index < -0.39 is 0 Å². The van der Waals surface area contributed by atoms with E-state index in [2.05, 4.69) is 30.9 Å². The minimum atomic E-state index is -0.127. The second-order valence-corrected chi connectivity index (χ2v) is 4.16. The number of ether oxygens (including phenoxy) is 1. The summed E-state index contributed by atoms with van der Waals surface area (Å²) in [5, 5.41) is 0. The summed E-state index contributed by atoms with van der Waals surface area (Å²) in [6.45, 7) is 8.37. The molecule has 0 heterocycles. The van der Waals surface area contributed by atoms with Crippen molar-refractivity contribution in [1.82, 2.24) is 4.90 Å². The maximum atomic E-state index is 11.7. The fraction of sp³-hybridized carbons (Fsp3) is 0.533. The predicted molar refractivity (Wildman–Crippen MR) is 73.4 cm³/mol. The van der Waals surface area contributed by atoms with Crippen LogP contribution in [0.15, 0.2) is 30.3 Å². The van der Waals surface area contributed by atoms with Gasteiger partial charge in [-0.05, 0) is 25.6 Å². The summed E-state index contributed by atoms with van der Waals surface area (Å²) in [6.07, 6.45) is 0.416. The molecule has 0 aliphatic carbocycles. The van der Waals surface area contributed by atoms with Crippen molar-refractivity contribution in [3.63, 3.8) is 0 Å². The summed E-state index contributed by atoms with van der Waals surface area (Å²) in [5.74, 6) is -0.127. The zero-order valence-electron chi connectivity index (χ0n) is 11.6. The van der Waals surface area contributed by atoms with Crippen LogP contribution in [0.25, 0.3) is 0 Å². The lowest BCUT2D eigenvalue weighted by molar-refractivity contribution is -0.144. The second kappa shape index (κ2) is 7.88. The Kier molecular flexibility index (Phi) is 6.44. The lowest BCUT2D eigenvalue weighted by Crippen LogP contribution is -2.30. The van der Waals surface area contributed by atoms with Crippen LogP contribution in [-0.2, 0) is 9.53 Å². The van der Waals surface area contributed by atoms with Crippen molar-refractivity contribution < 1.29 is 9.53 Å². The van der Waals surface area contributed by atoms with E-state index in [1.165, 1.54) is 5.56 Å². The van der Waals surface area contributed by atoms with Crippen molar-refractivity contribution >= 4 is 5.97 Å². The second-order valence-electron chi connectivity index (χ2n) is 4.16. The Bertz CT molecular complexity index is 347. The molecule has 3 nitrogen and oxygen atoms in total. The molecule has 18 heavy (non-hydrogen) atoms. The van der Waals surface area contributed by atoms with Gasteiger partial charge >= 0.3 is 5.97 Å². The van der Waals surface area contributed by atoms with Gasteiger partial charge in [0.15, 0.2) is 0 Å². The predicted octanol–water partition coefficient (Wildman–Crippen LogP) is 3.02. The highest BCUT2D eigenvalue weighted by molar-refractivity contribution is 5.70. The third-order valence-electron chi connectivity index (χ3n) is 3.10. The molecule has 1 aromatic rings. The average Bonchev–Trinajstić information content (AvgIpc) is 2.40. The highest BCUT2D eigenvalue weighted by atomic mass is 16.5. The van der Waals surface area contributed by atoms with E-state index in [0.717, 1.165) is 13.1 Å². The van der Waals surface area contributed by atoms with E-state index >= 15 is 0 Å². The first-order chi connectivity index (χ1) is 8.72. The molecule has 0 bridgehead atoms. The number of carbonyl (C=O) groups is 1. The summed E-state index contributed by atoms with van der Waals surface area (Å²) in [5.41, 5.74) is 1.18. The number of esters is 1. The van der Waals surface area contributed by atoms with Crippen LogP contribution < -0.4 is 0 Å². The largest absolute Gasteiger partial charge is 0.466 e. The van der Waals surface area contributed by atoms with Crippen LogP contribution in [0.4, 0.5) is 0 Å². The Morgan fingerprint density at radius 1 is 1.17 bits per heavy atom. The molecule has 0 aliphatic rings.